The topological polar surface area (TPSA) is 30.0 Å². The lowest BCUT2D eigenvalue weighted by Gasteiger charge is -2.11. The second-order valence-corrected chi connectivity index (χ2v) is 12.7. The Balaban J connectivity index is 2.52. The van der Waals surface area contributed by atoms with Crippen molar-refractivity contribution < 1.29 is 4.79 Å². The van der Waals surface area contributed by atoms with Gasteiger partial charge < -0.3 is 0 Å². The van der Waals surface area contributed by atoms with E-state index in [-0.39, 0.29) is 19.0 Å². The summed E-state index contributed by atoms with van der Waals surface area (Å²) in [5, 5.41) is 0. The van der Waals surface area contributed by atoms with Gasteiger partial charge in [0.25, 0.3) is 0 Å². The van der Waals surface area contributed by atoms with Crippen LogP contribution in [0.2, 0.25) is 0 Å². The van der Waals surface area contributed by atoms with Crippen molar-refractivity contribution in [2.45, 2.75) is 13.3 Å². The summed E-state index contributed by atoms with van der Waals surface area (Å²) in [5.74, 6) is 0.426. The van der Waals surface area contributed by atoms with E-state index in [4.69, 9.17) is 0 Å². The molecule has 1 aliphatic carbocycles. The summed E-state index contributed by atoms with van der Waals surface area (Å²) in [7, 11) is 5.98. The quantitative estimate of drug-likeness (QED) is 0.777. The minimum absolute atomic E-state index is 0.143. The Hall–Kier alpha value is 0.540. The smallest absolute Gasteiger partial charge is 0.168 e. The molecule has 0 aliphatic heterocycles. The van der Waals surface area contributed by atoms with Crippen LogP contribution in [0.4, 0.5) is 0 Å². The van der Waals surface area contributed by atoms with E-state index in [1.807, 2.05) is 19.2 Å². The van der Waals surface area contributed by atoms with Gasteiger partial charge >= 0.3 is 0 Å². The van der Waals surface area contributed by atoms with E-state index in [2.05, 4.69) is 22.8 Å². The molecule has 2 rings (SSSR count). The maximum atomic E-state index is 12.0. The molecule has 6 heteroatoms. The summed E-state index contributed by atoms with van der Waals surface area (Å²) >= 11 is 0. The molecular weight excluding hydrogens is 262 g/mol. The lowest BCUT2D eigenvalue weighted by molar-refractivity contribution is 0.0947. The summed E-state index contributed by atoms with van der Waals surface area (Å²) in [4.78, 5) is 16.4. The third-order valence-corrected chi connectivity index (χ3v) is 12.4. The predicted octanol–water partition coefficient (Wildman–Crippen LogP) is 2.74. The molecule has 0 amide bonds. The second-order valence-electron chi connectivity index (χ2n) is 3.64. The van der Waals surface area contributed by atoms with Crippen molar-refractivity contribution in [2.24, 2.45) is 5.92 Å². The Morgan fingerprint density at radius 2 is 2.40 bits per heavy atom. The number of Topliss-reactive ketones (excluding diaryl/α,β-unsaturated/α-hetero) is 1. The zero-order chi connectivity index (χ0) is 11.0. The molecule has 0 spiro atoms. The first-order valence-corrected chi connectivity index (χ1v) is 11.3. The fraction of sp³-hybridized carbons (Fsp3) is 0.333. The first-order chi connectivity index (χ1) is 7.15. The van der Waals surface area contributed by atoms with Crippen LogP contribution in [0.5, 0.6) is 0 Å². The number of hydrogen-bond acceptors (Lipinski definition) is 2. The van der Waals surface area contributed by atoms with Crippen LogP contribution in [0.25, 0.3) is 0 Å². The number of nitrogens with zero attached hydrogens (tertiary/aromatic N) is 1. The Labute approximate surface area is 97.0 Å². The van der Waals surface area contributed by atoms with Gasteiger partial charge in [0.15, 0.2) is 5.78 Å². The molecule has 1 heterocycles. The summed E-state index contributed by atoms with van der Waals surface area (Å²) in [5.41, 5.74) is 3.13. The summed E-state index contributed by atoms with van der Waals surface area (Å²) in [6, 6.07) is 1.99. The molecule has 15 heavy (non-hydrogen) atoms. The van der Waals surface area contributed by atoms with E-state index in [0.717, 1.165) is 25.4 Å². The van der Waals surface area contributed by atoms with Crippen molar-refractivity contribution in [3.63, 3.8) is 0 Å². The molecule has 0 aromatic carbocycles. The van der Waals surface area contributed by atoms with Crippen LogP contribution in [0.15, 0.2) is 12.3 Å². The van der Waals surface area contributed by atoms with Crippen LogP contribution >= 0.6 is 33.1 Å². The molecule has 0 saturated heterocycles. The number of carbonyl (C=O) groups is 1. The summed E-state index contributed by atoms with van der Waals surface area (Å²) < 4.78 is 0. The minimum atomic E-state index is -0.346. The van der Waals surface area contributed by atoms with Gasteiger partial charge in [0.2, 0.25) is 0 Å². The fourth-order valence-corrected chi connectivity index (χ4v) is 5.21. The highest BCUT2D eigenvalue weighted by Gasteiger charge is 2.31. The Morgan fingerprint density at radius 3 is 3.07 bits per heavy atom. The number of pyridine rings is 1. The lowest BCUT2D eigenvalue weighted by Crippen LogP contribution is -2.15. The first-order valence-electron chi connectivity index (χ1n) is 4.68. The van der Waals surface area contributed by atoms with Gasteiger partial charge in [-0.05, 0) is 25.3 Å². The lowest BCUT2D eigenvalue weighted by atomic mass is 10.1. The Morgan fingerprint density at radius 1 is 1.67 bits per heavy atom. The number of ketones is 1. The highest BCUT2D eigenvalue weighted by atomic mass is 32.6. The van der Waals surface area contributed by atoms with E-state index >= 15 is 0 Å². The van der Waals surface area contributed by atoms with Crippen molar-refractivity contribution in [1.82, 2.24) is 4.98 Å². The highest BCUT2D eigenvalue weighted by Crippen LogP contribution is 2.65. The molecular formula is C9H13NOP4. The second kappa shape index (κ2) is 4.81. The SMILES string of the molecule is CC1Cc2ccnc(P(P)PP)c2C1=O. The molecule has 5 atom stereocenters. The van der Waals surface area contributed by atoms with Gasteiger partial charge in [0.05, 0.1) is 5.44 Å². The van der Waals surface area contributed by atoms with E-state index in [1.54, 1.807) is 0 Å². The fourth-order valence-electron chi connectivity index (χ4n) is 1.84. The number of rotatable bonds is 2. The molecule has 80 valence electrons. The van der Waals surface area contributed by atoms with Gasteiger partial charge in [-0.3, -0.25) is 9.78 Å². The first kappa shape index (κ1) is 12.0. The molecule has 0 saturated carbocycles. The minimum Gasteiger partial charge on any atom is -0.294 e. The number of fused-ring (bicyclic) bond motifs is 1. The Kier molecular flexibility index (Phi) is 3.85. The van der Waals surface area contributed by atoms with Crippen molar-refractivity contribution in [3.05, 3.63) is 23.4 Å². The molecule has 0 bridgehead atoms. The largest absolute Gasteiger partial charge is 0.294 e. The van der Waals surface area contributed by atoms with Crippen molar-refractivity contribution >= 4 is 44.3 Å². The average molecular weight is 275 g/mol. The molecule has 1 aromatic heterocycles. The maximum Gasteiger partial charge on any atom is 0.168 e. The van der Waals surface area contributed by atoms with Gasteiger partial charge in [0.1, 0.15) is 0 Å². The van der Waals surface area contributed by atoms with Gasteiger partial charge in [-0.15, -0.1) is 17.9 Å². The predicted molar refractivity (Wildman–Crippen MR) is 75.7 cm³/mol. The van der Waals surface area contributed by atoms with Crippen LogP contribution in [0, 0.1) is 5.92 Å². The van der Waals surface area contributed by atoms with E-state index in [0.29, 0.717) is 0 Å². The maximum absolute atomic E-state index is 12.0. The zero-order valence-electron chi connectivity index (χ0n) is 8.40. The highest BCUT2D eigenvalue weighted by molar-refractivity contribution is 8.63. The number of carbonyl (C=O) groups excluding carboxylic acids is 1. The van der Waals surface area contributed by atoms with E-state index in [9.17, 15) is 4.79 Å². The molecule has 2 nitrogen and oxygen atoms in total. The van der Waals surface area contributed by atoms with Crippen LogP contribution in [0.1, 0.15) is 22.8 Å². The monoisotopic (exact) mass is 275 g/mol. The molecule has 1 aliphatic rings. The number of aromatic nitrogens is 1. The van der Waals surface area contributed by atoms with Gasteiger partial charge in [-0.2, -0.15) is 0 Å². The van der Waals surface area contributed by atoms with Crippen LogP contribution in [-0.4, -0.2) is 10.8 Å². The molecule has 0 radical (unpaired) electrons. The molecule has 0 N–H and O–H groups in total. The normalized spacial score (nSPS) is 22.3. The van der Waals surface area contributed by atoms with Crippen molar-refractivity contribution in [1.29, 1.82) is 0 Å². The summed E-state index contributed by atoms with van der Waals surface area (Å²) in [6.07, 6.45) is 2.72. The standard InChI is InChI=1S/C9H13NOP4/c1-5-4-6-2-3-10-9(15(13)14-12)7(6)8(5)11/h2-3,5,14H,4,12-13H2,1H3. The molecule has 0 fully saturated rings. The van der Waals surface area contributed by atoms with E-state index in [1.165, 1.54) is 5.56 Å². The van der Waals surface area contributed by atoms with Gasteiger partial charge in [-0.25, -0.2) is 0 Å². The van der Waals surface area contributed by atoms with Crippen LogP contribution in [-0.2, 0) is 6.42 Å². The summed E-state index contributed by atoms with van der Waals surface area (Å²) in [6.45, 7) is 2.00. The van der Waals surface area contributed by atoms with Crippen LogP contribution in [0.3, 0.4) is 0 Å². The molecule has 1 aromatic rings. The van der Waals surface area contributed by atoms with Crippen molar-refractivity contribution in [3.8, 4) is 0 Å². The average Bonchev–Trinajstić information content (AvgIpc) is 2.54. The van der Waals surface area contributed by atoms with Gasteiger partial charge in [0, 0.05) is 17.7 Å². The van der Waals surface area contributed by atoms with Crippen molar-refractivity contribution in [2.75, 3.05) is 0 Å². The van der Waals surface area contributed by atoms with E-state index < -0.39 is 0 Å². The number of hydrogen-bond donors (Lipinski definition) is 0. The molecule has 5 unspecified atom stereocenters. The third kappa shape index (κ3) is 2.16. The Bertz CT molecular complexity index is 409. The third-order valence-electron chi connectivity index (χ3n) is 2.60. The zero-order valence-corrected chi connectivity index (χ0v) is 12.6. The van der Waals surface area contributed by atoms with Gasteiger partial charge in [-0.1, -0.05) is 14.9 Å². The van der Waals surface area contributed by atoms with Crippen LogP contribution < -0.4 is 5.44 Å².